The van der Waals surface area contributed by atoms with Crippen molar-refractivity contribution < 1.29 is 4.74 Å². The number of nitrogens with zero attached hydrogens (tertiary/aromatic N) is 1. The third kappa shape index (κ3) is 6.58. The molecule has 0 unspecified atom stereocenters. The molecule has 1 N–H and O–H groups in total. The molecule has 2 rings (SSSR count). The molecule has 0 aliphatic heterocycles. The molecule has 0 atom stereocenters. The molecule has 118 valence electrons. The van der Waals surface area contributed by atoms with E-state index in [1.807, 2.05) is 6.20 Å². The summed E-state index contributed by atoms with van der Waals surface area (Å²) >= 11 is 0. The predicted molar refractivity (Wildman–Crippen MR) is 87.1 cm³/mol. The van der Waals surface area contributed by atoms with Crippen LogP contribution in [0.1, 0.15) is 63.6 Å². The zero-order valence-corrected chi connectivity index (χ0v) is 13.6. The zero-order chi connectivity index (χ0) is 14.9. The van der Waals surface area contributed by atoms with Gasteiger partial charge in [-0.2, -0.15) is 0 Å². The SMILES string of the molecule is CC(C)CNCc1ccc(COC2CCCCCC2)nc1. The summed E-state index contributed by atoms with van der Waals surface area (Å²) in [4.78, 5) is 4.52. The molecule has 1 aliphatic carbocycles. The Bertz CT molecular complexity index is 381. The highest BCUT2D eigenvalue weighted by atomic mass is 16.5. The highest BCUT2D eigenvalue weighted by Gasteiger charge is 2.12. The summed E-state index contributed by atoms with van der Waals surface area (Å²) in [7, 11) is 0. The highest BCUT2D eigenvalue weighted by Crippen LogP contribution is 2.20. The molecule has 1 aliphatic rings. The average molecular weight is 290 g/mol. The molecule has 3 heteroatoms. The highest BCUT2D eigenvalue weighted by molar-refractivity contribution is 5.13. The number of hydrogen-bond donors (Lipinski definition) is 1. The fourth-order valence-electron chi connectivity index (χ4n) is 2.76. The van der Waals surface area contributed by atoms with E-state index >= 15 is 0 Å². The molecule has 3 nitrogen and oxygen atoms in total. The Kier molecular flexibility index (Phi) is 7.17. The minimum atomic E-state index is 0.446. The molecule has 0 spiro atoms. The van der Waals surface area contributed by atoms with Crippen LogP contribution in [0.2, 0.25) is 0 Å². The third-order valence-electron chi connectivity index (χ3n) is 4.04. The first-order chi connectivity index (χ1) is 10.2. The van der Waals surface area contributed by atoms with E-state index in [0.29, 0.717) is 18.6 Å². The van der Waals surface area contributed by atoms with Crippen molar-refractivity contribution in [2.75, 3.05) is 6.54 Å². The Hall–Kier alpha value is -0.930. The van der Waals surface area contributed by atoms with Crippen LogP contribution in [-0.4, -0.2) is 17.6 Å². The van der Waals surface area contributed by atoms with Gasteiger partial charge in [-0.1, -0.05) is 45.6 Å². The molecule has 0 radical (unpaired) electrons. The number of ether oxygens (including phenoxy) is 1. The molecule has 0 saturated heterocycles. The van der Waals surface area contributed by atoms with Gasteiger partial charge >= 0.3 is 0 Å². The molecule has 1 fully saturated rings. The van der Waals surface area contributed by atoms with Crippen molar-refractivity contribution in [3.8, 4) is 0 Å². The fraction of sp³-hybridized carbons (Fsp3) is 0.722. The van der Waals surface area contributed by atoms with Gasteiger partial charge in [-0.25, -0.2) is 0 Å². The first-order valence-corrected chi connectivity index (χ1v) is 8.50. The predicted octanol–water partition coefficient (Wildman–Crippen LogP) is 4.07. The lowest BCUT2D eigenvalue weighted by molar-refractivity contribution is 0.0292. The van der Waals surface area contributed by atoms with Crippen LogP contribution in [0.15, 0.2) is 18.3 Å². The van der Waals surface area contributed by atoms with Crippen LogP contribution in [0.25, 0.3) is 0 Å². The monoisotopic (exact) mass is 290 g/mol. The maximum Gasteiger partial charge on any atom is 0.0891 e. The van der Waals surface area contributed by atoms with Crippen LogP contribution in [0.3, 0.4) is 0 Å². The van der Waals surface area contributed by atoms with Gasteiger partial charge in [0.2, 0.25) is 0 Å². The van der Waals surface area contributed by atoms with Crippen molar-refractivity contribution in [3.05, 3.63) is 29.6 Å². The van der Waals surface area contributed by atoms with E-state index in [0.717, 1.165) is 18.8 Å². The molecule has 0 aromatic carbocycles. The van der Waals surface area contributed by atoms with Crippen molar-refractivity contribution in [1.29, 1.82) is 0 Å². The maximum absolute atomic E-state index is 6.02. The first-order valence-electron chi connectivity index (χ1n) is 8.50. The number of nitrogens with one attached hydrogen (secondary N) is 1. The van der Waals surface area contributed by atoms with Crippen molar-refractivity contribution in [2.24, 2.45) is 5.92 Å². The fourth-order valence-corrected chi connectivity index (χ4v) is 2.76. The van der Waals surface area contributed by atoms with E-state index in [1.165, 1.54) is 44.1 Å². The van der Waals surface area contributed by atoms with Gasteiger partial charge in [-0.05, 0) is 36.9 Å². The summed E-state index contributed by atoms with van der Waals surface area (Å²) in [5.74, 6) is 0.685. The van der Waals surface area contributed by atoms with Crippen LogP contribution in [-0.2, 0) is 17.9 Å². The van der Waals surface area contributed by atoms with E-state index in [2.05, 4.69) is 36.3 Å². The Morgan fingerprint density at radius 2 is 1.95 bits per heavy atom. The lowest BCUT2D eigenvalue weighted by Gasteiger charge is -2.15. The van der Waals surface area contributed by atoms with Crippen molar-refractivity contribution >= 4 is 0 Å². The Morgan fingerprint density at radius 1 is 1.19 bits per heavy atom. The largest absolute Gasteiger partial charge is 0.372 e. The first kappa shape index (κ1) is 16.4. The van der Waals surface area contributed by atoms with E-state index in [1.54, 1.807) is 0 Å². The minimum Gasteiger partial charge on any atom is -0.372 e. The Balaban J connectivity index is 1.71. The number of aromatic nitrogens is 1. The van der Waals surface area contributed by atoms with Gasteiger partial charge in [-0.15, -0.1) is 0 Å². The van der Waals surface area contributed by atoms with Gasteiger partial charge < -0.3 is 10.1 Å². The molecular formula is C18H30N2O. The molecule has 1 saturated carbocycles. The van der Waals surface area contributed by atoms with Gasteiger partial charge in [-0.3, -0.25) is 4.98 Å². The van der Waals surface area contributed by atoms with E-state index in [-0.39, 0.29) is 0 Å². The minimum absolute atomic E-state index is 0.446. The lowest BCUT2D eigenvalue weighted by Crippen LogP contribution is -2.19. The van der Waals surface area contributed by atoms with Crippen LogP contribution < -0.4 is 5.32 Å². The molecule has 21 heavy (non-hydrogen) atoms. The second-order valence-corrected chi connectivity index (χ2v) is 6.61. The van der Waals surface area contributed by atoms with Crippen LogP contribution in [0, 0.1) is 5.92 Å². The topological polar surface area (TPSA) is 34.1 Å². The van der Waals surface area contributed by atoms with Crippen LogP contribution >= 0.6 is 0 Å². The normalized spacial score (nSPS) is 17.1. The van der Waals surface area contributed by atoms with E-state index in [4.69, 9.17) is 4.74 Å². The molecular weight excluding hydrogens is 260 g/mol. The summed E-state index contributed by atoms with van der Waals surface area (Å²) in [6.45, 7) is 7.05. The zero-order valence-electron chi connectivity index (χ0n) is 13.6. The second kappa shape index (κ2) is 9.16. The average Bonchev–Trinajstić information content (AvgIpc) is 2.75. The van der Waals surface area contributed by atoms with E-state index in [9.17, 15) is 0 Å². The number of rotatable bonds is 7. The summed E-state index contributed by atoms with van der Waals surface area (Å²) in [6.07, 6.45) is 10.2. The Morgan fingerprint density at radius 3 is 2.57 bits per heavy atom. The summed E-state index contributed by atoms with van der Waals surface area (Å²) in [5, 5.41) is 3.44. The number of hydrogen-bond acceptors (Lipinski definition) is 3. The second-order valence-electron chi connectivity index (χ2n) is 6.61. The molecule has 0 bridgehead atoms. The third-order valence-corrected chi connectivity index (χ3v) is 4.04. The Labute approximate surface area is 129 Å². The summed E-state index contributed by atoms with van der Waals surface area (Å²) < 4.78 is 6.02. The standard InChI is InChI=1S/C18H30N2O/c1-15(2)11-19-12-16-9-10-17(20-13-16)14-21-18-7-5-3-4-6-8-18/h9-10,13,15,18-19H,3-8,11-12,14H2,1-2H3. The maximum atomic E-state index is 6.02. The van der Waals surface area contributed by atoms with Gasteiger partial charge in [0.1, 0.15) is 0 Å². The van der Waals surface area contributed by atoms with Gasteiger partial charge in [0.25, 0.3) is 0 Å². The van der Waals surface area contributed by atoms with Crippen LogP contribution in [0.4, 0.5) is 0 Å². The quantitative estimate of drug-likeness (QED) is 0.769. The number of pyridine rings is 1. The summed E-state index contributed by atoms with van der Waals surface area (Å²) in [6, 6.07) is 4.26. The molecule has 1 aromatic heterocycles. The van der Waals surface area contributed by atoms with Gasteiger partial charge in [0, 0.05) is 12.7 Å². The van der Waals surface area contributed by atoms with E-state index < -0.39 is 0 Å². The molecule has 1 heterocycles. The summed E-state index contributed by atoms with van der Waals surface area (Å²) in [5.41, 5.74) is 2.29. The smallest absolute Gasteiger partial charge is 0.0891 e. The lowest BCUT2D eigenvalue weighted by atomic mass is 10.1. The molecule has 1 aromatic rings. The molecule has 0 amide bonds. The van der Waals surface area contributed by atoms with Crippen LogP contribution in [0.5, 0.6) is 0 Å². The van der Waals surface area contributed by atoms with Crippen molar-refractivity contribution in [1.82, 2.24) is 10.3 Å². The van der Waals surface area contributed by atoms with Crippen molar-refractivity contribution in [3.63, 3.8) is 0 Å². The van der Waals surface area contributed by atoms with Gasteiger partial charge in [0.15, 0.2) is 0 Å². The van der Waals surface area contributed by atoms with Gasteiger partial charge in [0.05, 0.1) is 18.4 Å². The van der Waals surface area contributed by atoms with Crippen molar-refractivity contribution in [2.45, 2.75) is 71.6 Å².